The largest absolute Gasteiger partial charge is 2.00 e. The third-order valence-corrected chi connectivity index (χ3v) is 2.53. The van der Waals surface area contributed by atoms with Gasteiger partial charge in [-0.25, -0.2) is 0 Å². The van der Waals surface area contributed by atoms with Gasteiger partial charge in [-0.15, -0.1) is 12.6 Å². The van der Waals surface area contributed by atoms with E-state index in [4.69, 9.17) is 34.8 Å². The van der Waals surface area contributed by atoms with Gasteiger partial charge in [-0.05, 0) is 6.07 Å². The maximum Gasteiger partial charge on any atom is 2.00 e. The SMILES string of the molecule is O=[N+]([O-])c1cc(C(Cl)(Cl)Cl)ccc1S.[Zn+2]. The fraction of sp³-hybridized carbons (Fsp3) is 0.143. The molecule has 0 radical (unpaired) electrons. The van der Waals surface area contributed by atoms with Crippen molar-refractivity contribution in [1.82, 2.24) is 0 Å². The van der Waals surface area contributed by atoms with Gasteiger partial charge in [-0.2, -0.15) is 0 Å². The number of nitro benzene ring substituents is 1. The molecule has 0 bridgehead atoms. The first-order valence-electron chi connectivity index (χ1n) is 3.37. The molecular formula is C7H4Cl3NO2SZn+2. The van der Waals surface area contributed by atoms with E-state index < -0.39 is 8.72 Å². The number of nitro groups is 1. The van der Waals surface area contributed by atoms with Crippen LogP contribution >= 0.6 is 47.4 Å². The van der Waals surface area contributed by atoms with Crippen molar-refractivity contribution in [3.05, 3.63) is 33.9 Å². The number of rotatable bonds is 1. The minimum atomic E-state index is -1.66. The van der Waals surface area contributed by atoms with Gasteiger partial charge in [0.25, 0.3) is 5.69 Å². The van der Waals surface area contributed by atoms with Gasteiger partial charge in [-0.1, -0.05) is 40.9 Å². The smallest absolute Gasteiger partial charge is 0.258 e. The molecular weight excluding hydrogens is 334 g/mol. The van der Waals surface area contributed by atoms with Gasteiger partial charge in [-0.3, -0.25) is 10.1 Å². The van der Waals surface area contributed by atoms with E-state index in [0.717, 1.165) is 0 Å². The van der Waals surface area contributed by atoms with Gasteiger partial charge < -0.3 is 0 Å². The number of hydrogen-bond acceptors (Lipinski definition) is 3. The van der Waals surface area contributed by atoms with Crippen molar-refractivity contribution >= 4 is 53.1 Å². The van der Waals surface area contributed by atoms with Crippen molar-refractivity contribution in [3.8, 4) is 0 Å². The summed E-state index contributed by atoms with van der Waals surface area (Å²) in [5.74, 6) is 0. The van der Waals surface area contributed by atoms with E-state index in [9.17, 15) is 10.1 Å². The Morgan fingerprint density at radius 3 is 2.27 bits per heavy atom. The topological polar surface area (TPSA) is 43.1 Å². The summed E-state index contributed by atoms with van der Waals surface area (Å²) < 4.78 is -1.66. The van der Waals surface area contributed by atoms with Crippen LogP contribution in [0.2, 0.25) is 0 Å². The van der Waals surface area contributed by atoms with Crippen LogP contribution in [0.3, 0.4) is 0 Å². The second-order valence-corrected chi connectivity index (χ2v) is 5.22. The molecule has 1 rings (SSSR count). The van der Waals surface area contributed by atoms with E-state index in [1.54, 1.807) is 0 Å². The summed E-state index contributed by atoms with van der Waals surface area (Å²) in [6.07, 6.45) is 0. The molecule has 0 atom stereocenters. The van der Waals surface area contributed by atoms with E-state index in [-0.39, 0.29) is 35.6 Å². The molecule has 76 valence electrons. The summed E-state index contributed by atoms with van der Waals surface area (Å²) in [5.41, 5.74) is 0.0594. The Bertz CT molecular complexity index is 383. The number of hydrogen-bond donors (Lipinski definition) is 1. The third kappa shape index (κ3) is 4.08. The van der Waals surface area contributed by atoms with Crippen molar-refractivity contribution in [1.29, 1.82) is 0 Å². The number of thiol groups is 1. The zero-order valence-corrected chi connectivity index (χ0v) is 13.4. The molecule has 0 heterocycles. The molecule has 1 aromatic carbocycles. The van der Waals surface area contributed by atoms with Gasteiger partial charge in [0.1, 0.15) is 0 Å². The summed E-state index contributed by atoms with van der Waals surface area (Å²) in [4.78, 5) is 10.2. The first-order chi connectivity index (χ1) is 6.32. The van der Waals surface area contributed by atoms with Crippen LogP contribution in [0.25, 0.3) is 0 Å². The number of alkyl halides is 3. The van der Waals surface area contributed by atoms with Crippen molar-refractivity contribution < 1.29 is 24.4 Å². The molecule has 0 aliphatic carbocycles. The Hall–Kier alpha value is 0.463. The quantitative estimate of drug-likeness (QED) is 0.279. The predicted molar refractivity (Wildman–Crippen MR) is 59.6 cm³/mol. The van der Waals surface area contributed by atoms with Crippen LogP contribution in [0.5, 0.6) is 0 Å². The Kier molecular flexibility index (Phi) is 5.87. The standard InChI is InChI=1S/C7H4Cl3NO2S.Zn/c8-7(9,10)4-1-2-6(14)5(3-4)11(12)13;/h1-3,14H;/q;+2. The van der Waals surface area contributed by atoms with Gasteiger partial charge in [0.15, 0.2) is 0 Å². The fourth-order valence-electron chi connectivity index (χ4n) is 0.846. The second-order valence-electron chi connectivity index (χ2n) is 2.46. The molecule has 0 amide bonds. The Balaban J connectivity index is 0.00000196. The minimum Gasteiger partial charge on any atom is -0.258 e. The molecule has 15 heavy (non-hydrogen) atoms. The molecule has 1 aromatic rings. The van der Waals surface area contributed by atoms with Gasteiger partial charge in [0, 0.05) is 11.6 Å². The first-order valence-corrected chi connectivity index (χ1v) is 4.95. The van der Waals surface area contributed by atoms with E-state index in [0.29, 0.717) is 0 Å². The third-order valence-electron chi connectivity index (χ3n) is 1.50. The molecule has 0 saturated heterocycles. The van der Waals surface area contributed by atoms with Crippen molar-refractivity contribution in [2.75, 3.05) is 0 Å². The van der Waals surface area contributed by atoms with Gasteiger partial charge in [0.05, 0.1) is 9.82 Å². The van der Waals surface area contributed by atoms with Crippen LogP contribution in [0.4, 0.5) is 5.69 Å². The zero-order chi connectivity index (χ0) is 10.9. The Morgan fingerprint density at radius 1 is 1.33 bits per heavy atom. The normalized spacial score (nSPS) is 10.7. The van der Waals surface area contributed by atoms with Crippen LogP contribution in [0.1, 0.15) is 5.56 Å². The number of halogens is 3. The number of benzene rings is 1. The molecule has 0 N–H and O–H groups in total. The molecule has 0 aliphatic rings. The number of nitrogens with zero attached hydrogens (tertiary/aromatic N) is 1. The molecule has 8 heteroatoms. The Morgan fingerprint density at radius 2 is 1.87 bits per heavy atom. The average Bonchev–Trinajstić information content (AvgIpc) is 2.02. The van der Waals surface area contributed by atoms with Crippen LogP contribution < -0.4 is 0 Å². The second kappa shape index (κ2) is 5.69. The van der Waals surface area contributed by atoms with E-state index in [1.807, 2.05) is 0 Å². The Labute approximate surface area is 119 Å². The van der Waals surface area contributed by atoms with Crippen molar-refractivity contribution in [2.45, 2.75) is 8.69 Å². The maximum absolute atomic E-state index is 10.5. The van der Waals surface area contributed by atoms with Gasteiger partial charge >= 0.3 is 19.5 Å². The van der Waals surface area contributed by atoms with Gasteiger partial charge in [0.2, 0.25) is 3.79 Å². The van der Waals surface area contributed by atoms with E-state index >= 15 is 0 Å². The molecule has 0 saturated carbocycles. The van der Waals surface area contributed by atoms with Crippen LogP contribution in [-0.4, -0.2) is 4.92 Å². The van der Waals surface area contributed by atoms with Crippen LogP contribution in [0, 0.1) is 10.1 Å². The minimum absolute atomic E-state index is 0. The monoisotopic (exact) mass is 335 g/mol. The molecule has 0 spiro atoms. The average molecular weight is 338 g/mol. The summed E-state index contributed by atoms with van der Waals surface area (Å²) in [5, 5.41) is 10.5. The van der Waals surface area contributed by atoms with Crippen LogP contribution in [0.15, 0.2) is 23.1 Å². The van der Waals surface area contributed by atoms with Crippen molar-refractivity contribution in [2.24, 2.45) is 0 Å². The summed E-state index contributed by atoms with van der Waals surface area (Å²) in [6.45, 7) is 0. The molecule has 3 nitrogen and oxygen atoms in total. The maximum atomic E-state index is 10.5. The zero-order valence-electron chi connectivity index (χ0n) is 7.28. The molecule has 0 aromatic heterocycles. The molecule has 0 aliphatic heterocycles. The van der Waals surface area contributed by atoms with Crippen LogP contribution in [-0.2, 0) is 23.3 Å². The first kappa shape index (κ1) is 15.5. The molecule has 0 unspecified atom stereocenters. The molecule has 0 fully saturated rings. The summed E-state index contributed by atoms with van der Waals surface area (Å²) in [6, 6.07) is 4.08. The van der Waals surface area contributed by atoms with E-state index in [2.05, 4.69) is 12.6 Å². The summed E-state index contributed by atoms with van der Waals surface area (Å²) >= 11 is 20.6. The van der Waals surface area contributed by atoms with Crippen molar-refractivity contribution in [3.63, 3.8) is 0 Å². The fourth-order valence-corrected chi connectivity index (χ4v) is 1.42. The predicted octanol–water partition coefficient (Wildman–Crippen LogP) is 3.71. The summed E-state index contributed by atoms with van der Waals surface area (Å²) in [7, 11) is 0. The van der Waals surface area contributed by atoms with E-state index in [1.165, 1.54) is 18.2 Å².